The highest BCUT2D eigenvalue weighted by molar-refractivity contribution is 5.05. The molecule has 1 aromatic heterocycles. The minimum Gasteiger partial charge on any atom is -0.327 e. The molecule has 0 aliphatic heterocycles. The first-order valence-electron chi connectivity index (χ1n) is 4.35. The monoisotopic (exact) mass is 164 g/mol. The van der Waals surface area contributed by atoms with Gasteiger partial charge in [-0.1, -0.05) is 19.9 Å². The van der Waals surface area contributed by atoms with E-state index in [-0.39, 0.29) is 6.04 Å². The topological polar surface area (TPSA) is 38.9 Å². The Balaban J connectivity index is 2.53. The molecule has 0 radical (unpaired) electrons. The predicted octanol–water partition coefficient (Wildman–Crippen LogP) is 1.61. The zero-order valence-electron chi connectivity index (χ0n) is 7.70. The molecule has 0 aliphatic rings. The average Bonchev–Trinajstić information content (AvgIpc) is 2.06. The molecule has 2 nitrogen and oxygen atoms in total. The van der Waals surface area contributed by atoms with Crippen molar-refractivity contribution in [2.75, 3.05) is 0 Å². The van der Waals surface area contributed by atoms with Crippen LogP contribution >= 0.6 is 0 Å². The van der Waals surface area contributed by atoms with Crippen LogP contribution < -0.4 is 5.73 Å². The van der Waals surface area contributed by atoms with E-state index in [1.54, 1.807) is 0 Å². The Bertz CT molecular complexity index is 219. The molecule has 0 amide bonds. The van der Waals surface area contributed by atoms with Crippen LogP contribution in [-0.4, -0.2) is 11.0 Å². The molecule has 1 heterocycles. The highest BCUT2D eigenvalue weighted by atomic mass is 14.7. The van der Waals surface area contributed by atoms with E-state index in [4.69, 9.17) is 5.73 Å². The molecule has 0 aromatic carbocycles. The molecule has 1 atom stereocenters. The molecule has 2 heteroatoms. The second-order valence-corrected chi connectivity index (χ2v) is 3.43. The van der Waals surface area contributed by atoms with E-state index in [9.17, 15) is 0 Å². The smallest absolute Gasteiger partial charge is 0.0419 e. The summed E-state index contributed by atoms with van der Waals surface area (Å²) in [5.74, 6) is 0.520. The first-order chi connectivity index (χ1) is 5.70. The summed E-state index contributed by atoms with van der Waals surface area (Å²) in [6.07, 6.45) is 2.68. The van der Waals surface area contributed by atoms with Gasteiger partial charge in [0, 0.05) is 24.4 Å². The minimum atomic E-state index is 0.222. The van der Waals surface area contributed by atoms with E-state index < -0.39 is 0 Å². The predicted molar refractivity (Wildman–Crippen MR) is 50.8 cm³/mol. The maximum atomic E-state index is 5.91. The van der Waals surface area contributed by atoms with Gasteiger partial charge in [0.1, 0.15) is 0 Å². The molecule has 2 N–H and O–H groups in total. The summed E-state index contributed by atoms with van der Waals surface area (Å²) < 4.78 is 0. The molecule has 12 heavy (non-hydrogen) atoms. The van der Waals surface area contributed by atoms with Crippen LogP contribution in [-0.2, 0) is 6.42 Å². The second kappa shape index (κ2) is 4.21. The van der Waals surface area contributed by atoms with Gasteiger partial charge >= 0.3 is 0 Å². The van der Waals surface area contributed by atoms with Crippen molar-refractivity contribution in [3.05, 3.63) is 30.1 Å². The van der Waals surface area contributed by atoms with Gasteiger partial charge in [-0.15, -0.1) is 0 Å². The number of pyridine rings is 1. The number of hydrogen-bond acceptors (Lipinski definition) is 2. The maximum Gasteiger partial charge on any atom is 0.0419 e. The van der Waals surface area contributed by atoms with Crippen LogP contribution in [0.4, 0.5) is 0 Å². The number of aromatic nitrogens is 1. The Kier molecular flexibility index (Phi) is 3.23. The highest BCUT2D eigenvalue weighted by Gasteiger charge is 2.08. The molecule has 0 saturated carbocycles. The zero-order valence-corrected chi connectivity index (χ0v) is 7.70. The summed E-state index contributed by atoms with van der Waals surface area (Å²) in [5.41, 5.74) is 6.99. The Morgan fingerprint density at radius 3 is 2.67 bits per heavy atom. The molecule has 0 aliphatic carbocycles. The maximum absolute atomic E-state index is 5.91. The van der Waals surface area contributed by atoms with Crippen molar-refractivity contribution in [1.82, 2.24) is 4.98 Å². The van der Waals surface area contributed by atoms with E-state index in [2.05, 4.69) is 18.8 Å². The average molecular weight is 164 g/mol. The Hall–Kier alpha value is -0.890. The fraction of sp³-hybridized carbons (Fsp3) is 0.500. The van der Waals surface area contributed by atoms with Gasteiger partial charge in [0.25, 0.3) is 0 Å². The van der Waals surface area contributed by atoms with Crippen LogP contribution in [0.1, 0.15) is 19.5 Å². The van der Waals surface area contributed by atoms with Crippen LogP contribution in [0.15, 0.2) is 24.4 Å². The van der Waals surface area contributed by atoms with Gasteiger partial charge in [0.2, 0.25) is 0 Å². The van der Waals surface area contributed by atoms with Gasteiger partial charge in [0.15, 0.2) is 0 Å². The summed E-state index contributed by atoms with van der Waals surface area (Å²) in [7, 11) is 0. The fourth-order valence-corrected chi connectivity index (χ4v) is 0.996. The van der Waals surface area contributed by atoms with Gasteiger partial charge in [-0.2, -0.15) is 0 Å². The summed E-state index contributed by atoms with van der Waals surface area (Å²) >= 11 is 0. The van der Waals surface area contributed by atoms with Crippen LogP contribution in [0.3, 0.4) is 0 Å². The summed E-state index contributed by atoms with van der Waals surface area (Å²) in [6.45, 7) is 4.27. The van der Waals surface area contributed by atoms with Crippen LogP contribution in [0, 0.1) is 5.92 Å². The largest absolute Gasteiger partial charge is 0.327 e. The lowest BCUT2D eigenvalue weighted by molar-refractivity contribution is 0.486. The standard InChI is InChI=1S/C10H16N2/c1-8(2)10(11)7-9-5-3-4-6-12-9/h3-6,8,10H,7,11H2,1-2H3. The van der Waals surface area contributed by atoms with Crippen molar-refractivity contribution >= 4 is 0 Å². The van der Waals surface area contributed by atoms with Crippen molar-refractivity contribution in [2.24, 2.45) is 11.7 Å². The Morgan fingerprint density at radius 2 is 2.17 bits per heavy atom. The normalized spacial score (nSPS) is 13.3. The van der Waals surface area contributed by atoms with E-state index in [1.807, 2.05) is 24.4 Å². The van der Waals surface area contributed by atoms with Crippen molar-refractivity contribution in [2.45, 2.75) is 26.3 Å². The Morgan fingerprint density at radius 1 is 1.42 bits per heavy atom. The van der Waals surface area contributed by atoms with E-state index in [0.29, 0.717) is 5.92 Å². The molecular formula is C10H16N2. The SMILES string of the molecule is CC(C)C(N)Cc1ccccn1. The number of hydrogen-bond donors (Lipinski definition) is 1. The second-order valence-electron chi connectivity index (χ2n) is 3.43. The van der Waals surface area contributed by atoms with E-state index in [0.717, 1.165) is 12.1 Å². The lowest BCUT2D eigenvalue weighted by Crippen LogP contribution is -2.29. The number of rotatable bonds is 3. The van der Waals surface area contributed by atoms with Gasteiger partial charge in [-0.3, -0.25) is 4.98 Å². The van der Waals surface area contributed by atoms with Crippen LogP contribution in [0.5, 0.6) is 0 Å². The molecule has 1 unspecified atom stereocenters. The molecule has 0 spiro atoms. The molecular weight excluding hydrogens is 148 g/mol. The fourth-order valence-electron chi connectivity index (χ4n) is 0.996. The summed E-state index contributed by atoms with van der Waals surface area (Å²) in [5, 5.41) is 0. The number of nitrogens with two attached hydrogens (primary N) is 1. The highest BCUT2D eigenvalue weighted by Crippen LogP contribution is 2.04. The Labute approximate surface area is 73.8 Å². The lowest BCUT2D eigenvalue weighted by Gasteiger charge is -2.14. The van der Waals surface area contributed by atoms with Crippen molar-refractivity contribution in [3.63, 3.8) is 0 Å². The molecule has 1 rings (SSSR count). The third kappa shape index (κ3) is 2.62. The first kappa shape index (κ1) is 9.20. The zero-order chi connectivity index (χ0) is 8.97. The third-order valence-electron chi connectivity index (χ3n) is 2.03. The minimum absolute atomic E-state index is 0.222. The molecule has 66 valence electrons. The van der Waals surface area contributed by atoms with Crippen molar-refractivity contribution in [3.8, 4) is 0 Å². The molecule has 0 fully saturated rings. The third-order valence-corrected chi connectivity index (χ3v) is 2.03. The van der Waals surface area contributed by atoms with Gasteiger partial charge < -0.3 is 5.73 Å². The summed E-state index contributed by atoms with van der Waals surface area (Å²) in [4.78, 5) is 4.22. The quantitative estimate of drug-likeness (QED) is 0.737. The lowest BCUT2D eigenvalue weighted by atomic mass is 10.0. The van der Waals surface area contributed by atoms with E-state index in [1.165, 1.54) is 0 Å². The number of nitrogens with zero attached hydrogens (tertiary/aromatic N) is 1. The molecule has 0 bridgehead atoms. The summed E-state index contributed by atoms with van der Waals surface area (Å²) in [6, 6.07) is 6.15. The van der Waals surface area contributed by atoms with Crippen LogP contribution in [0.25, 0.3) is 0 Å². The van der Waals surface area contributed by atoms with Gasteiger partial charge in [-0.25, -0.2) is 0 Å². The van der Waals surface area contributed by atoms with Crippen LogP contribution in [0.2, 0.25) is 0 Å². The van der Waals surface area contributed by atoms with E-state index >= 15 is 0 Å². The van der Waals surface area contributed by atoms with Crippen molar-refractivity contribution < 1.29 is 0 Å². The first-order valence-corrected chi connectivity index (χ1v) is 4.35. The van der Waals surface area contributed by atoms with Gasteiger partial charge in [0.05, 0.1) is 0 Å². The van der Waals surface area contributed by atoms with Gasteiger partial charge in [-0.05, 0) is 18.1 Å². The molecule has 1 aromatic rings. The molecule has 0 saturated heterocycles. The van der Waals surface area contributed by atoms with Crippen molar-refractivity contribution in [1.29, 1.82) is 0 Å².